The normalized spacial score (nSPS) is 33.6. The van der Waals surface area contributed by atoms with E-state index in [1.807, 2.05) is 0 Å². The molecule has 2 aliphatic heterocycles. The van der Waals surface area contributed by atoms with Gasteiger partial charge in [-0.15, -0.1) is 0 Å². The van der Waals surface area contributed by atoms with E-state index in [1.165, 1.54) is 62.6 Å². The van der Waals surface area contributed by atoms with Crippen LogP contribution < -0.4 is 0 Å². The lowest BCUT2D eigenvalue weighted by atomic mass is 9.45. The number of hydrogen-bond donors (Lipinski definition) is 1. The van der Waals surface area contributed by atoms with Crippen molar-refractivity contribution >= 4 is 47.8 Å². The van der Waals surface area contributed by atoms with Gasteiger partial charge in [-0.3, -0.25) is 33.9 Å². The number of aliphatic hydroxyl groups is 1. The molecule has 7 rings (SSSR count). The Morgan fingerprint density at radius 3 is 2.11 bits per heavy atom. The van der Waals surface area contributed by atoms with E-state index in [4.69, 9.17) is 47.0 Å². The number of carbonyl (C=O) groups is 8. The van der Waals surface area contributed by atoms with Crippen molar-refractivity contribution in [1.29, 1.82) is 0 Å². The largest absolute Gasteiger partial charge is 0.465 e. The summed E-state index contributed by atoms with van der Waals surface area (Å²) in [5, 5.41) is 13.7. The summed E-state index contributed by atoms with van der Waals surface area (Å²) in [6, 6.07) is 8.31. The minimum atomic E-state index is -2.92. The molecular formula is C45H48N2O19. The first kappa shape index (κ1) is 47.2. The molecule has 1 saturated heterocycles. The molecule has 66 heavy (non-hydrogen) atoms. The Morgan fingerprint density at radius 2 is 1.48 bits per heavy atom. The fourth-order valence-electron chi connectivity index (χ4n) is 10.0. The maximum Gasteiger partial charge on any atom is 0.374 e. The lowest BCUT2D eigenvalue weighted by Gasteiger charge is -2.67. The summed E-state index contributed by atoms with van der Waals surface area (Å²) in [5.41, 5.74) is -10.7. The number of nitrogens with zero attached hydrogens (tertiary/aromatic N) is 2. The van der Waals surface area contributed by atoms with Crippen molar-refractivity contribution < 1.29 is 90.5 Å². The second kappa shape index (κ2) is 17.9. The fourth-order valence-corrected chi connectivity index (χ4v) is 10.0. The highest BCUT2D eigenvalue weighted by Crippen LogP contribution is 2.70. The number of furan rings is 1. The highest BCUT2D eigenvalue weighted by molar-refractivity contribution is 5.91. The average molecular weight is 921 g/mol. The molecule has 1 N–H and O–H groups in total. The number of esters is 8. The average Bonchev–Trinajstić information content (AvgIpc) is 3.88. The van der Waals surface area contributed by atoms with Crippen LogP contribution in [-0.2, 0) is 73.0 Å². The summed E-state index contributed by atoms with van der Waals surface area (Å²) < 4.78 is 61.3. The number of aromatic nitrogens is 2. The molecule has 0 amide bonds. The molecular weight excluding hydrogens is 872 g/mol. The SMILES string of the molecule is CC(=O)OC[C@]12[C@H](OC(C)=O)[C@H](OC(=O)c3cccnc3)[C@H]3[C@@H](OC(=O)c4ccco4)[C@@]14O[C@@]3(C)COC(=O)c1cccnc1CC[C@H](C)C(=O)O[C@@H]([C@H](OC(C)=O)[C@@H]2OC(C)=O)[C@]4(C)O. The van der Waals surface area contributed by atoms with Crippen LogP contribution in [0.1, 0.15) is 91.9 Å². The summed E-state index contributed by atoms with van der Waals surface area (Å²) in [5.74, 6) is -11.7. The van der Waals surface area contributed by atoms with E-state index < -0.39 is 137 Å². The van der Waals surface area contributed by atoms with E-state index in [1.54, 1.807) is 0 Å². The summed E-state index contributed by atoms with van der Waals surface area (Å²) in [6.45, 7) is 5.86. The summed E-state index contributed by atoms with van der Waals surface area (Å²) in [7, 11) is 0. The van der Waals surface area contributed by atoms with Gasteiger partial charge in [-0.1, -0.05) is 6.92 Å². The summed E-state index contributed by atoms with van der Waals surface area (Å²) in [4.78, 5) is 119. The van der Waals surface area contributed by atoms with Crippen molar-refractivity contribution in [3.8, 4) is 0 Å². The number of hydrogen-bond acceptors (Lipinski definition) is 21. The number of ether oxygens (including phenoxy) is 9. The van der Waals surface area contributed by atoms with Crippen LogP contribution in [0.4, 0.5) is 0 Å². The Labute approximate surface area is 376 Å². The third kappa shape index (κ3) is 8.03. The lowest BCUT2D eigenvalue weighted by Crippen LogP contribution is -2.89. The topological polar surface area (TPSA) is 279 Å². The van der Waals surface area contributed by atoms with Crippen molar-refractivity contribution in [2.24, 2.45) is 17.3 Å². The third-order valence-electron chi connectivity index (χ3n) is 12.6. The monoisotopic (exact) mass is 920 g/mol. The Balaban J connectivity index is 1.63. The highest BCUT2D eigenvalue weighted by atomic mass is 16.7. The van der Waals surface area contributed by atoms with Crippen molar-refractivity contribution in [2.45, 2.75) is 115 Å². The molecule has 21 nitrogen and oxygen atoms in total. The van der Waals surface area contributed by atoms with Crippen LogP contribution in [-0.4, -0.2) is 129 Å². The molecule has 3 fully saturated rings. The van der Waals surface area contributed by atoms with Gasteiger partial charge in [-0.05, 0) is 63.1 Å². The Morgan fingerprint density at radius 1 is 0.803 bits per heavy atom. The molecule has 1 spiro atoms. The van der Waals surface area contributed by atoms with Crippen LogP contribution in [0.3, 0.4) is 0 Å². The van der Waals surface area contributed by atoms with E-state index in [0.717, 1.165) is 47.1 Å². The molecule has 3 aromatic rings. The maximum atomic E-state index is 14.4. The fraction of sp³-hybridized carbons (Fsp3) is 0.511. The molecule has 5 heterocycles. The third-order valence-corrected chi connectivity index (χ3v) is 12.6. The molecule has 4 aliphatic rings. The molecule has 0 aromatic carbocycles. The molecule has 352 valence electrons. The number of carbonyl (C=O) groups excluding carboxylic acids is 8. The van der Waals surface area contributed by atoms with Crippen LogP contribution in [0.25, 0.3) is 0 Å². The Hall–Kier alpha value is -6.74. The lowest BCUT2D eigenvalue weighted by molar-refractivity contribution is -0.385. The second-order valence-electron chi connectivity index (χ2n) is 17.1. The number of rotatable bonds is 9. The summed E-state index contributed by atoms with van der Waals surface area (Å²) in [6.07, 6.45) is -7.47. The number of fused-ring (bicyclic) bond motifs is 5. The molecule has 0 radical (unpaired) electrons. The molecule has 12 atom stereocenters. The van der Waals surface area contributed by atoms with E-state index in [2.05, 4.69) is 9.97 Å². The standard InChI is InChI=1S/C45H48N2O19/c1-22-14-15-29-28(12-9-17-47-29)40(54)59-20-42(6)31-32(63-39(53)27-11-8-16-46-19-27)36(61-25(4)50)44(21-58-23(2)48)37(62-26(5)51)33(60-24(3)49)35(65-38(22)52)43(7,56)45(44,66-42)34(31)64-41(55)30-13-10-18-57-30/h8-13,16-19,22,31-37,56H,14-15,20-21H2,1-7H3/t22-,31-,32+,33-,34+,35-,36+,37-,42-,43-,44+,45-/m0/s1. The molecule has 4 bridgehead atoms. The number of cyclic esters (lactones) is 1. The molecule has 2 saturated carbocycles. The predicted molar refractivity (Wildman–Crippen MR) is 215 cm³/mol. The van der Waals surface area contributed by atoms with Gasteiger partial charge in [-0.25, -0.2) is 14.4 Å². The quantitative estimate of drug-likeness (QED) is 0.238. The van der Waals surface area contributed by atoms with Crippen LogP contribution in [0.2, 0.25) is 0 Å². The second-order valence-corrected chi connectivity index (χ2v) is 17.1. The van der Waals surface area contributed by atoms with Crippen molar-refractivity contribution in [3.63, 3.8) is 0 Å². The molecule has 21 heteroatoms. The Bertz CT molecular complexity index is 2400. The smallest absolute Gasteiger partial charge is 0.374 e. The minimum Gasteiger partial charge on any atom is -0.465 e. The van der Waals surface area contributed by atoms with Crippen molar-refractivity contribution in [2.75, 3.05) is 13.2 Å². The van der Waals surface area contributed by atoms with Gasteiger partial charge in [0.15, 0.2) is 30.0 Å². The first-order valence-corrected chi connectivity index (χ1v) is 20.9. The van der Waals surface area contributed by atoms with Crippen LogP contribution in [0, 0.1) is 17.3 Å². The summed E-state index contributed by atoms with van der Waals surface area (Å²) >= 11 is 0. The first-order valence-electron chi connectivity index (χ1n) is 20.9. The van der Waals surface area contributed by atoms with Gasteiger partial charge in [0.25, 0.3) is 0 Å². The van der Waals surface area contributed by atoms with Gasteiger partial charge >= 0.3 is 47.8 Å². The van der Waals surface area contributed by atoms with Gasteiger partial charge in [0.2, 0.25) is 5.76 Å². The molecule has 0 unspecified atom stereocenters. The molecule has 3 aromatic heterocycles. The zero-order chi connectivity index (χ0) is 47.9. The van der Waals surface area contributed by atoms with E-state index >= 15 is 0 Å². The molecule has 2 aliphatic carbocycles. The van der Waals surface area contributed by atoms with Crippen LogP contribution in [0.15, 0.2) is 65.7 Å². The van der Waals surface area contributed by atoms with Crippen LogP contribution in [0.5, 0.6) is 0 Å². The first-order chi connectivity index (χ1) is 31.2. The maximum absolute atomic E-state index is 14.4. The zero-order valence-electron chi connectivity index (χ0n) is 36.9. The number of pyridine rings is 2. The van der Waals surface area contributed by atoms with Crippen molar-refractivity contribution in [3.05, 3.63) is 83.8 Å². The van der Waals surface area contributed by atoms with E-state index in [9.17, 15) is 43.5 Å². The van der Waals surface area contributed by atoms with Gasteiger partial charge in [-0.2, -0.15) is 0 Å². The number of aryl methyl sites for hydroxylation is 1. The van der Waals surface area contributed by atoms with Gasteiger partial charge < -0.3 is 52.2 Å². The predicted octanol–water partition coefficient (Wildman–Crippen LogP) is 2.44. The van der Waals surface area contributed by atoms with Gasteiger partial charge in [0.05, 0.1) is 34.9 Å². The van der Waals surface area contributed by atoms with E-state index in [0.29, 0.717) is 0 Å². The van der Waals surface area contributed by atoms with Crippen molar-refractivity contribution in [1.82, 2.24) is 9.97 Å². The minimum absolute atomic E-state index is 0.00592. The zero-order valence-corrected chi connectivity index (χ0v) is 36.9. The van der Waals surface area contributed by atoms with E-state index in [-0.39, 0.29) is 29.7 Å². The van der Waals surface area contributed by atoms with Crippen LogP contribution >= 0.6 is 0 Å². The van der Waals surface area contributed by atoms with Gasteiger partial charge in [0, 0.05) is 46.3 Å². The highest BCUT2D eigenvalue weighted by Gasteiger charge is 2.92. The van der Waals surface area contributed by atoms with Gasteiger partial charge in [0.1, 0.15) is 42.0 Å². The Kier molecular flexibility index (Phi) is 12.8.